The summed E-state index contributed by atoms with van der Waals surface area (Å²) in [7, 11) is 0. The van der Waals surface area contributed by atoms with Crippen LogP contribution in [0.25, 0.3) is 0 Å². The summed E-state index contributed by atoms with van der Waals surface area (Å²) < 4.78 is 5.43. The van der Waals surface area contributed by atoms with Crippen LogP contribution in [0.1, 0.15) is 26.7 Å². The van der Waals surface area contributed by atoms with Crippen LogP contribution in [0.5, 0.6) is 0 Å². The number of ketones is 1. The molecule has 1 aliphatic rings. The smallest absolute Gasteiger partial charge is 0.129 e. The Labute approximate surface area is 80.1 Å². The molecule has 0 N–H and O–H groups in total. The van der Waals surface area contributed by atoms with E-state index in [-0.39, 0.29) is 0 Å². The summed E-state index contributed by atoms with van der Waals surface area (Å²) in [6.45, 7) is 7.65. The van der Waals surface area contributed by atoms with E-state index < -0.39 is 0 Å². The Balaban J connectivity index is 2.10. The number of ether oxygens (including phenoxy) is 1. The second kappa shape index (κ2) is 5.35. The van der Waals surface area contributed by atoms with Gasteiger partial charge in [-0.3, -0.25) is 4.90 Å². The molecule has 1 rings (SSSR count). The number of hydrogen-bond donors (Lipinski definition) is 0. The van der Waals surface area contributed by atoms with Gasteiger partial charge in [0.2, 0.25) is 0 Å². The fourth-order valence-corrected chi connectivity index (χ4v) is 1.65. The predicted molar refractivity (Wildman–Crippen MR) is 51.8 cm³/mol. The lowest BCUT2D eigenvalue weighted by atomic mass is 10.2. The van der Waals surface area contributed by atoms with Crippen LogP contribution >= 0.6 is 0 Å². The predicted octanol–water partition coefficient (Wildman–Crippen LogP) is 1.08. The van der Waals surface area contributed by atoms with Gasteiger partial charge in [-0.2, -0.15) is 0 Å². The number of carbonyl (C=O) groups excluding carboxylic acids is 1. The van der Waals surface area contributed by atoms with Crippen molar-refractivity contribution in [1.29, 1.82) is 0 Å². The van der Waals surface area contributed by atoms with Crippen LogP contribution in [0.15, 0.2) is 0 Å². The maximum atomic E-state index is 10.7. The van der Waals surface area contributed by atoms with Gasteiger partial charge in [0.05, 0.1) is 12.7 Å². The second-order valence-electron chi connectivity index (χ2n) is 3.79. The molecule has 3 heteroatoms. The van der Waals surface area contributed by atoms with Gasteiger partial charge in [0.1, 0.15) is 5.78 Å². The molecule has 1 heterocycles. The Bertz CT molecular complexity index is 170. The molecule has 0 aliphatic carbocycles. The summed E-state index contributed by atoms with van der Waals surface area (Å²) >= 11 is 0. The van der Waals surface area contributed by atoms with Gasteiger partial charge in [-0.05, 0) is 26.8 Å². The zero-order valence-corrected chi connectivity index (χ0v) is 8.58. The quantitative estimate of drug-likeness (QED) is 0.656. The van der Waals surface area contributed by atoms with Gasteiger partial charge in [-0.25, -0.2) is 0 Å². The molecular weight excluding hydrogens is 166 g/mol. The van der Waals surface area contributed by atoms with Gasteiger partial charge in [-0.1, -0.05) is 0 Å². The van der Waals surface area contributed by atoms with Crippen molar-refractivity contribution in [2.45, 2.75) is 32.8 Å². The average molecular weight is 185 g/mol. The summed E-state index contributed by atoms with van der Waals surface area (Å²) in [5.74, 6) is 0.293. The van der Waals surface area contributed by atoms with Gasteiger partial charge >= 0.3 is 0 Å². The summed E-state index contributed by atoms with van der Waals surface area (Å²) in [6.07, 6.45) is 2.06. The topological polar surface area (TPSA) is 29.5 Å². The number of Topliss-reactive ketones (excluding diaryl/α,β-unsaturated/α-hetero) is 1. The SMILES string of the molecule is CC(=O)CCCN1CCOC(C)C1. The van der Waals surface area contributed by atoms with E-state index >= 15 is 0 Å². The number of carbonyl (C=O) groups is 1. The van der Waals surface area contributed by atoms with E-state index in [1.165, 1.54) is 0 Å². The third-order valence-electron chi connectivity index (χ3n) is 2.33. The summed E-state index contributed by atoms with van der Waals surface area (Å²) in [5.41, 5.74) is 0. The molecule has 0 aromatic rings. The van der Waals surface area contributed by atoms with Crippen LogP contribution in [0, 0.1) is 0 Å². The van der Waals surface area contributed by atoms with E-state index in [0.717, 1.165) is 32.7 Å². The zero-order chi connectivity index (χ0) is 9.68. The van der Waals surface area contributed by atoms with Gasteiger partial charge in [0, 0.05) is 19.5 Å². The maximum Gasteiger partial charge on any atom is 0.129 e. The molecule has 1 unspecified atom stereocenters. The summed E-state index contributed by atoms with van der Waals surface area (Å²) in [5, 5.41) is 0. The number of morpholine rings is 1. The minimum absolute atomic E-state index is 0.293. The fraction of sp³-hybridized carbons (Fsp3) is 0.900. The minimum atomic E-state index is 0.293. The van der Waals surface area contributed by atoms with Crippen molar-refractivity contribution in [2.24, 2.45) is 0 Å². The monoisotopic (exact) mass is 185 g/mol. The highest BCUT2D eigenvalue weighted by molar-refractivity contribution is 5.75. The van der Waals surface area contributed by atoms with Crippen molar-refractivity contribution in [3.8, 4) is 0 Å². The van der Waals surface area contributed by atoms with Crippen molar-refractivity contribution in [3.05, 3.63) is 0 Å². The molecule has 1 atom stereocenters. The average Bonchev–Trinajstić information content (AvgIpc) is 2.03. The normalized spacial score (nSPS) is 24.6. The lowest BCUT2D eigenvalue weighted by Gasteiger charge is -2.30. The molecule has 3 nitrogen and oxygen atoms in total. The first kappa shape index (κ1) is 10.7. The Morgan fingerprint density at radius 1 is 1.62 bits per heavy atom. The molecule has 0 radical (unpaired) electrons. The molecule has 0 bridgehead atoms. The highest BCUT2D eigenvalue weighted by Crippen LogP contribution is 2.05. The number of nitrogens with zero attached hydrogens (tertiary/aromatic N) is 1. The lowest BCUT2D eigenvalue weighted by molar-refractivity contribution is -0.117. The number of rotatable bonds is 4. The molecule has 0 aromatic carbocycles. The van der Waals surface area contributed by atoms with E-state index in [1.807, 2.05) is 0 Å². The lowest BCUT2D eigenvalue weighted by Crippen LogP contribution is -2.41. The first-order chi connectivity index (χ1) is 6.18. The van der Waals surface area contributed by atoms with Gasteiger partial charge in [-0.15, -0.1) is 0 Å². The van der Waals surface area contributed by atoms with Gasteiger partial charge < -0.3 is 9.53 Å². The molecular formula is C10H19NO2. The van der Waals surface area contributed by atoms with Crippen LogP contribution in [-0.2, 0) is 9.53 Å². The molecule has 1 fully saturated rings. The third-order valence-corrected chi connectivity index (χ3v) is 2.33. The molecule has 0 amide bonds. The third kappa shape index (κ3) is 4.39. The van der Waals surface area contributed by atoms with E-state index in [1.54, 1.807) is 6.92 Å². The first-order valence-electron chi connectivity index (χ1n) is 5.02. The van der Waals surface area contributed by atoms with Crippen LogP contribution in [-0.4, -0.2) is 43.0 Å². The van der Waals surface area contributed by atoms with Crippen molar-refractivity contribution >= 4 is 5.78 Å². The van der Waals surface area contributed by atoms with Crippen LogP contribution in [0.3, 0.4) is 0 Å². The van der Waals surface area contributed by atoms with E-state index in [4.69, 9.17) is 4.74 Å². The standard InChI is InChI=1S/C10H19NO2/c1-9(12)4-3-5-11-6-7-13-10(2)8-11/h10H,3-8H2,1-2H3. The van der Waals surface area contributed by atoms with Crippen molar-refractivity contribution < 1.29 is 9.53 Å². The Morgan fingerprint density at radius 2 is 2.38 bits per heavy atom. The van der Waals surface area contributed by atoms with Crippen molar-refractivity contribution in [3.63, 3.8) is 0 Å². The maximum absolute atomic E-state index is 10.7. The molecule has 0 saturated carbocycles. The van der Waals surface area contributed by atoms with Crippen LogP contribution < -0.4 is 0 Å². The van der Waals surface area contributed by atoms with Crippen LogP contribution in [0.4, 0.5) is 0 Å². The summed E-state index contributed by atoms with van der Waals surface area (Å²) in [6, 6.07) is 0. The largest absolute Gasteiger partial charge is 0.376 e. The molecule has 1 saturated heterocycles. The van der Waals surface area contributed by atoms with Crippen LogP contribution in [0.2, 0.25) is 0 Å². The number of hydrogen-bond acceptors (Lipinski definition) is 3. The molecule has 13 heavy (non-hydrogen) atoms. The molecule has 0 aromatic heterocycles. The van der Waals surface area contributed by atoms with Crippen molar-refractivity contribution in [2.75, 3.05) is 26.2 Å². The highest BCUT2D eigenvalue weighted by atomic mass is 16.5. The van der Waals surface area contributed by atoms with E-state index in [9.17, 15) is 4.79 Å². The first-order valence-corrected chi connectivity index (χ1v) is 5.02. The fourth-order valence-electron chi connectivity index (χ4n) is 1.65. The zero-order valence-electron chi connectivity index (χ0n) is 8.58. The molecule has 76 valence electrons. The van der Waals surface area contributed by atoms with Gasteiger partial charge in [0.15, 0.2) is 0 Å². The highest BCUT2D eigenvalue weighted by Gasteiger charge is 2.15. The minimum Gasteiger partial charge on any atom is -0.376 e. The van der Waals surface area contributed by atoms with Gasteiger partial charge in [0.25, 0.3) is 0 Å². The molecule has 1 aliphatic heterocycles. The Kier molecular flexibility index (Phi) is 4.39. The molecule has 0 spiro atoms. The Hall–Kier alpha value is -0.410. The second-order valence-corrected chi connectivity index (χ2v) is 3.79. The summed E-state index contributed by atoms with van der Waals surface area (Å²) in [4.78, 5) is 13.1. The van der Waals surface area contributed by atoms with Crippen molar-refractivity contribution in [1.82, 2.24) is 4.90 Å². The van der Waals surface area contributed by atoms with E-state index in [0.29, 0.717) is 18.3 Å². The van der Waals surface area contributed by atoms with E-state index in [2.05, 4.69) is 11.8 Å². The Morgan fingerprint density at radius 3 is 3.00 bits per heavy atom.